The molecule has 0 unspecified atom stereocenters. The minimum atomic E-state index is 0.647. The number of hydrogen-bond acceptors (Lipinski definition) is 3. The Balaban J connectivity index is 2.40. The Morgan fingerprint density at radius 1 is 1.38 bits per heavy atom. The molecule has 0 atom stereocenters. The van der Waals surface area contributed by atoms with Gasteiger partial charge in [-0.05, 0) is 36.1 Å². The largest absolute Gasteiger partial charge is 0.494 e. The highest BCUT2D eigenvalue weighted by Gasteiger charge is 2.06. The van der Waals surface area contributed by atoms with E-state index >= 15 is 0 Å². The van der Waals surface area contributed by atoms with Gasteiger partial charge in [-0.3, -0.25) is 4.79 Å². The van der Waals surface area contributed by atoms with E-state index in [0.29, 0.717) is 6.61 Å². The second-order valence-electron chi connectivity index (χ2n) is 3.28. The van der Waals surface area contributed by atoms with E-state index in [1.165, 1.54) is 0 Å². The van der Waals surface area contributed by atoms with Gasteiger partial charge >= 0.3 is 0 Å². The third-order valence-electron chi connectivity index (χ3n) is 2.23. The van der Waals surface area contributed by atoms with Gasteiger partial charge in [-0.25, -0.2) is 0 Å². The first-order chi connectivity index (χ1) is 7.85. The van der Waals surface area contributed by atoms with Crippen molar-refractivity contribution < 1.29 is 9.53 Å². The Morgan fingerprint density at radius 3 is 3.00 bits per heavy atom. The fourth-order valence-electron chi connectivity index (χ4n) is 1.54. The summed E-state index contributed by atoms with van der Waals surface area (Å²) in [6.45, 7) is 2.60. The average molecular weight is 232 g/mol. The summed E-state index contributed by atoms with van der Waals surface area (Å²) < 4.78 is 5.43. The van der Waals surface area contributed by atoms with Gasteiger partial charge in [0.1, 0.15) is 5.75 Å². The van der Waals surface area contributed by atoms with Crippen molar-refractivity contribution in [2.45, 2.75) is 6.92 Å². The summed E-state index contributed by atoms with van der Waals surface area (Å²) in [5, 5.41) is 1.92. The number of aldehydes is 1. The molecule has 0 aliphatic rings. The smallest absolute Gasteiger partial charge is 0.151 e. The molecule has 0 bridgehead atoms. The highest BCUT2D eigenvalue weighted by Crippen LogP contribution is 2.30. The second kappa shape index (κ2) is 4.94. The zero-order chi connectivity index (χ0) is 11.4. The quantitative estimate of drug-likeness (QED) is 0.752. The number of carbonyl (C=O) groups is 1. The molecular formula is C13H12O2S. The molecule has 0 spiro atoms. The Morgan fingerprint density at radius 2 is 2.25 bits per heavy atom. The second-order valence-corrected chi connectivity index (χ2v) is 4.20. The van der Waals surface area contributed by atoms with E-state index in [9.17, 15) is 4.79 Å². The molecular weight excluding hydrogens is 220 g/mol. The predicted octanol–water partition coefficient (Wildman–Crippen LogP) is 3.63. The Hall–Kier alpha value is -1.61. The van der Waals surface area contributed by atoms with Gasteiger partial charge in [0, 0.05) is 10.4 Å². The van der Waals surface area contributed by atoms with Crippen molar-refractivity contribution in [1.29, 1.82) is 0 Å². The van der Waals surface area contributed by atoms with Crippen LogP contribution in [-0.4, -0.2) is 12.9 Å². The number of hydrogen-bond donors (Lipinski definition) is 0. The van der Waals surface area contributed by atoms with Gasteiger partial charge in [-0.15, -0.1) is 11.3 Å². The van der Waals surface area contributed by atoms with Crippen molar-refractivity contribution in [3.63, 3.8) is 0 Å². The van der Waals surface area contributed by atoms with Crippen LogP contribution in [0.2, 0.25) is 0 Å². The van der Waals surface area contributed by atoms with Gasteiger partial charge < -0.3 is 4.74 Å². The zero-order valence-corrected chi connectivity index (χ0v) is 9.79. The third-order valence-corrected chi connectivity index (χ3v) is 3.21. The highest BCUT2D eigenvalue weighted by molar-refractivity contribution is 7.14. The molecule has 82 valence electrons. The third kappa shape index (κ3) is 2.14. The first-order valence-electron chi connectivity index (χ1n) is 5.11. The van der Waals surface area contributed by atoms with Crippen LogP contribution in [0, 0.1) is 0 Å². The van der Waals surface area contributed by atoms with E-state index < -0.39 is 0 Å². The molecule has 0 aliphatic carbocycles. The van der Waals surface area contributed by atoms with E-state index in [0.717, 1.165) is 28.0 Å². The van der Waals surface area contributed by atoms with E-state index in [1.807, 2.05) is 42.6 Å². The molecule has 0 fully saturated rings. The van der Waals surface area contributed by atoms with Crippen molar-refractivity contribution >= 4 is 17.6 Å². The number of rotatable bonds is 4. The number of benzene rings is 1. The highest BCUT2D eigenvalue weighted by atomic mass is 32.1. The van der Waals surface area contributed by atoms with E-state index in [4.69, 9.17) is 4.74 Å². The summed E-state index contributed by atoms with van der Waals surface area (Å²) in [6, 6.07) is 9.64. The minimum absolute atomic E-state index is 0.647. The molecule has 0 saturated heterocycles. The van der Waals surface area contributed by atoms with Gasteiger partial charge in [0.05, 0.1) is 6.61 Å². The molecule has 0 radical (unpaired) electrons. The van der Waals surface area contributed by atoms with E-state index in [1.54, 1.807) is 11.3 Å². The molecule has 1 aromatic carbocycles. The molecule has 2 nitrogen and oxygen atoms in total. The average Bonchev–Trinajstić information content (AvgIpc) is 2.78. The van der Waals surface area contributed by atoms with Crippen LogP contribution in [0.3, 0.4) is 0 Å². The lowest BCUT2D eigenvalue weighted by Crippen LogP contribution is -1.91. The van der Waals surface area contributed by atoms with E-state index in [-0.39, 0.29) is 0 Å². The topological polar surface area (TPSA) is 26.3 Å². The van der Waals surface area contributed by atoms with E-state index in [2.05, 4.69) is 0 Å². The standard InChI is InChI=1S/C13H12O2S/c1-2-15-12-5-3-4-10(8-12)13-11(9-14)6-7-16-13/h3-9H,2H2,1H3. The monoisotopic (exact) mass is 232 g/mol. The van der Waals surface area contributed by atoms with Crippen molar-refractivity contribution in [3.05, 3.63) is 41.3 Å². The number of carbonyl (C=O) groups excluding carboxylic acids is 1. The van der Waals surface area contributed by atoms with Crippen LogP contribution in [0.4, 0.5) is 0 Å². The van der Waals surface area contributed by atoms with Crippen LogP contribution >= 0.6 is 11.3 Å². The predicted molar refractivity (Wildman–Crippen MR) is 66.3 cm³/mol. The maximum atomic E-state index is 10.8. The van der Waals surface area contributed by atoms with Crippen LogP contribution in [0.25, 0.3) is 10.4 Å². The molecule has 2 aromatic rings. The summed E-state index contributed by atoms with van der Waals surface area (Å²) in [6.07, 6.45) is 0.888. The van der Waals surface area contributed by atoms with Crippen LogP contribution in [0.15, 0.2) is 35.7 Å². The minimum Gasteiger partial charge on any atom is -0.494 e. The normalized spacial score (nSPS) is 10.1. The summed E-state index contributed by atoms with van der Waals surface area (Å²) in [4.78, 5) is 11.8. The van der Waals surface area contributed by atoms with Gasteiger partial charge in [-0.1, -0.05) is 12.1 Å². The molecule has 16 heavy (non-hydrogen) atoms. The van der Waals surface area contributed by atoms with Crippen molar-refractivity contribution in [2.75, 3.05) is 6.61 Å². The molecule has 0 saturated carbocycles. The molecule has 0 amide bonds. The number of thiophene rings is 1. The lowest BCUT2D eigenvalue weighted by Gasteiger charge is -2.05. The fraction of sp³-hybridized carbons (Fsp3) is 0.154. The van der Waals surface area contributed by atoms with Crippen LogP contribution in [-0.2, 0) is 0 Å². The zero-order valence-electron chi connectivity index (χ0n) is 8.97. The maximum absolute atomic E-state index is 10.8. The summed E-state index contributed by atoms with van der Waals surface area (Å²) in [5.41, 5.74) is 1.77. The van der Waals surface area contributed by atoms with Crippen molar-refractivity contribution in [2.24, 2.45) is 0 Å². The summed E-state index contributed by atoms with van der Waals surface area (Å²) in [7, 11) is 0. The van der Waals surface area contributed by atoms with Crippen LogP contribution < -0.4 is 4.74 Å². The van der Waals surface area contributed by atoms with Gasteiger partial charge in [0.2, 0.25) is 0 Å². The van der Waals surface area contributed by atoms with Crippen molar-refractivity contribution in [3.8, 4) is 16.2 Å². The molecule has 1 heterocycles. The Labute approximate surface area is 98.5 Å². The first kappa shape index (κ1) is 10.9. The Kier molecular flexibility index (Phi) is 3.37. The molecule has 0 N–H and O–H groups in total. The van der Waals surface area contributed by atoms with Gasteiger partial charge in [0.15, 0.2) is 6.29 Å². The lowest BCUT2D eigenvalue weighted by atomic mass is 10.1. The summed E-state index contributed by atoms with van der Waals surface area (Å²) in [5.74, 6) is 0.838. The van der Waals surface area contributed by atoms with Crippen molar-refractivity contribution in [1.82, 2.24) is 0 Å². The van der Waals surface area contributed by atoms with Crippen LogP contribution in [0.5, 0.6) is 5.75 Å². The number of ether oxygens (including phenoxy) is 1. The fourth-order valence-corrected chi connectivity index (χ4v) is 2.41. The molecule has 2 rings (SSSR count). The summed E-state index contributed by atoms with van der Waals surface area (Å²) >= 11 is 1.57. The SMILES string of the molecule is CCOc1cccc(-c2sccc2C=O)c1. The van der Waals surface area contributed by atoms with Crippen LogP contribution in [0.1, 0.15) is 17.3 Å². The Bertz CT molecular complexity index is 488. The van der Waals surface area contributed by atoms with Gasteiger partial charge in [0.25, 0.3) is 0 Å². The van der Waals surface area contributed by atoms with Gasteiger partial charge in [-0.2, -0.15) is 0 Å². The molecule has 3 heteroatoms. The lowest BCUT2D eigenvalue weighted by molar-refractivity contribution is 0.112. The maximum Gasteiger partial charge on any atom is 0.151 e. The first-order valence-corrected chi connectivity index (χ1v) is 5.99. The molecule has 1 aromatic heterocycles. The molecule has 0 aliphatic heterocycles.